The minimum Gasteiger partial charge on any atom is -0.296 e. The molecule has 0 aromatic carbocycles. The van der Waals surface area contributed by atoms with Crippen LogP contribution in [0.5, 0.6) is 0 Å². The predicted octanol–water partition coefficient (Wildman–Crippen LogP) is 1.36. The van der Waals surface area contributed by atoms with Crippen molar-refractivity contribution < 1.29 is 4.79 Å². The number of nitrogens with zero attached hydrogens (tertiary/aromatic N) is 2. The standard InChI is InChI=1S/C8H12N2O/c1-6(2)7-4-9-10(3)8(7)5-11/h4-6H,1-3H3. The van der Waals surface area contributed by atoms with Gasteiger partial charge >= 0.3 is 0 Å². The Morgan fingerprint density at radius 1 is 1.64 bits per heavy atom. The number of hydrogen-bond acceptors (Lipinski definition) is 2. The Morgan fingerprint density at radius 3 is 2.64 bits per heavy atom. The Hall–Kier alpha value is -1.12. The lowest BCUT2D eigenvalue weighted by molar-refractivity contribution is 0.111. The summed E-state index contributed by atoms with van der Waals surface area (Å²) in [5, 5.41) is 3.99. The highest BCUT2D eigenvalue weighted by atomic mass is 16.1. The normalized spacial score (nSPS) is 10.5. The van der Waals surface area contributed by atoms with E-state index in [1.54, 1.807) is 17.9 Å². The second-order valence-corrected chi connectivity index (χ2v) is 2.88. The monoisotopic (exact) mass is 152 g/mol. The zero-order valence-electron chi connectivity index (χ0n) is 7.03. The fraction of sp³-hybridized carbons (Fsp3) is 0.500. The van der Waals surface area contributed by atoms with E-state index >= 15 is 0 Å². The molecule has 0 atom stereocenters. The number of hydrogen-bond donors (Lipinski definition) is 0. The van der Waals surface area contributed by atoms with E-state index in [2.05, 4.69) is 5.10 Å². The van der Waals surface area contributed by atoms with Gasteiger partial charge in [-0.3, -0.25) is 9.48 Å². The van der Waals surface area contributed by atoms with Crippen molar-refractivity contribution in [2.45, 2.75) is 19.8 Å². The summed E-state index contributed by atoms with van der Waals surface area (Å²) in [6, 6.07) is 0. The number of carbonyl (C=O) groups excluding carboxylic acids is 1. The Labute approximate surface area is 66.0 Å². The lowest BCUT2D eigenvalue weighted by Gasteiger charge is -2.01. The SMILES string of the molecule is CC(C)c1cnn(C)c1C=O. The molecular formula is C8H12N2O. The minimum atomic E-state index is 0.365. The van der Waals surface area contributed by atoms with Gasteiger partial charge in [0.25, 0.3) is 0 Å². The number of aldehydes is 1. The van der Waals surface area contributed by atoms with E-state index in [0.717, 1.165) is 11.8 Å². The first-order chi connectivity index (χ1) is 5.16. The average molecular weight is 152 g/mol. The Bertz CT molecular complexity index is 263. The van der Waals surface area contributed by atoms with Crippen LogP contribution in [-0.2, 0) is 7.05 Å². The molecule has 0 amide bonds. The maximum absolute atomic E-state index is 10.6. The van der Waals surface area contributed by atoms with Gasteiger partial charge in [-0.05, 0) is 5.92 Å². The summed E-state index contributed by atoms with van der Waals surface area (Å²) in [5.74, 6) is 0.365. The molecule has 0 aliphatic rings. The van der Waals surface area contributed by atoms with Crippen molar-refractivity contribution in [2.75, 3.05) is 0 Å². The number of aryl methyl sites for hydroxylation is 1. The van der Waals surface area contributed by atoms with Crippen LogP contribution in [-0.4, -0.2) is 16.1 Å². The molecule has 1 heterocycles. The minimum absolute atomic E-state index is 0.365. The first-order valence-electron chi connectivity index (χ1n) is 3.64. The molecule has 0 saturated carbocycles. The second kappa shape index (κ2) is 2.86. The molecule has 0 aliphatic carbocycles. The summed E-state index contributed by atoms with van der Waals surface area (Å²) in [4.78, 5) is 10.6. The first kappa shape index (κ1) is 7.98. The van der Waals surface area contributed by atoms with E-state index < -0.39 is 0 Å². The molecule has 0 N–H and O–H groups in total. The molecule has 60 valence electrons. The van der Waals surface area contributed by atoms with Crippen molar-refractivity contribution in [3.8, 4) is 0 Å². The molecule has 0 radical (unpaired) electrons. The molecule has 0 fully saturated rings. The van der Waals surface area contributed by atoms with Crippen molar-refractivity contribution in [1.82, 2.24) is 9.78 Å². The van der Waals surface area contributed by atoms with Crippen molar-refractivity contribution in [3.05, 3.63) is 17.5 Å². The van der Waals surface area contributed by atoms with Gasteiger partial charge in [0.2, 0.25) is 0 Å². The largest absolute Gasteiger partial charge is 0.296 e. The molecule has 3 heteroatoms. The summed E-state index contributed by atoms with van der Waals surface area (Å²) in [6.45, 7) is 4.09. The molecule has 3 nitrogen and oxygen atoms in total. The molecule has 0 unspecified atom stereocenters. The van der Waals surface area contributed by atoms with Gasteiger partial charge in [-0.25, -0.2) is 0 Å². The molecular weight excluding hydrogens is 140 g/mol. The van der Waals surface area contributed by atoms with E-state index in [1.165, 1.54) is 0 Å². The molecule has 1 rings (SSSR count). The van der Waals surface area contributed by atoms with Crippen LogP contribution >= 0.6 is 0 Å². The molecule has 1 aromatic heterocycles. The van der Waals surface area contributed by atoms with Crippen molar-refractivity contribution >= 4 is 6.29 Å². The Balaban J connectivity index is 3.15. The Morgan fingerprint density at radius 2 is 2.27 bits per heavy atom. The third kappa shape index (κ3) is 1.31. The fourth-order valence-corrected chi connectivity index (χ4v) is 1.05. The van der Waals surface area contributed by atoms with Crippen LogP contribution in [0, 0.1) is 0 Å². The highest BCUT2D eigenvalue weighted by Crippen LogP contribution is 2.16. The average Bonchev–Trinajstić information content (AvgIpc) is 2.30. The summed E-state index contributed by atoms with van der Waals surface area (Å²) < 4.78 is 1.60. The molecule has 1 aromatic rings. The van der Waals surface area contributed by atoms with Crippen LogP contribution in [0.3, 0.4) is 0 Å². The van der Waals surface area contributed by atoms with Gasteiger partial charge in [-0.2, -0.15) is 5.10 Å². The quantitative estimate of drug-likeness (QED) is 0.600. The molecule has 0 saturated heterocycles. The Kier molecular flexibility index (Phi) is 2.08. The first-order valence-corrected chi connectivity index (χ1v) is 3.64. The van der Waals surface area contributed by atoms with Crippen LogP contribution in [0.4, 0.5) is 0 Å². The smallest absolute Gasteiger partial charge is 0.168 e. The zero-order valence-corrected chi connectivity index (χ0v) is 7.03. The maximum Gasteiger partial charge on any atom is 0.168 e. The predicted molar refractivity (Wildman–Crippen MR) is 42.7 cm³/mol. The topological polar surface area (TPSA) is 34.9 Å². The summed E-state index contributed by atoms with van der Waals surface area (Å²) in [6.07, 6.45) is 2.59. The summed E-state index contributed by atoms with van der Waals surface area (Å²) in [7, 11) is 1.77. The van der Waals surface area contributed by atoms with E-state index in [4.69, 9.17) is 0 Å². The number of rotatable bonds is 2. The lowest BCUT2D eigenvalue weighted by Crippen LogP contribution is -1.99. The van der Waals surface area contributed by atoms with Crippen molar-refractivity contribution in [3.63, 3.8) is 0 Å². The van der Waals surface area contributed by atoms with E-state index in [0.29, 0.717) is 11.6 Å². The van der Waals surface area contributed by atoms with Gasteiger partial charge in [-0.15, -0.1) is 0 Å². The van der Waals surface area contributed by atoms with E-state index in [9.17, 15) is 4.79 Å². The van der Waals surface area contributed by atoms with Gasteiger partial charge in [-0.1, -0.05) is 13.8 Å². The maximum atomic E-state index is 10.6. The molecule has 0 spiro atoms. The van der Waals surface area contributed by atoms with Gasteiger partial charge in [0.1, 0.15) is 5.69 Å². The van der Waals surface area contributed by atoms with Crippen LogP contribution < -0.4 is 0 Å². The van der Waals surface area contributed by atoms with Gasteiger partial charge < -0.3 is 0 Å². The summed E-state index contributed by atoms with van der Waals surface area (Å²) in [5.41, 5.74) is 1.70. The van der Waals surface area contributed by atoms with Gasteiger partial charge in [0.05, 0.1) is 6.20 Å². The van der Waals surface area contributed by atoms with E-state index in [1.807, 2.05) is 13.8 Å². The fourth-order valence-electron chi connectivity index (χ4n) is 1.05. The number of aromatic nitrogens is 2. The summed E-state index contributed by atoms with van der Waals surface area (Å²) >= 11 is 0. The third-order valence-electron chi connectivity index (χ3n) is 1.75. The van der Waals surface area contributed by atoms with Gasteiger partial charge in [0.15, 0.2) is 6.29 Å². The van der Waals surface area contributed by atoms with Crippen molar-refractivity contribution in [1.29, 1.82) is 0 Å². The van der Waals surface area contributed by atoms with Crippen LogP contribution in [0.15, 0.2) is 6.20 Å². The zero-order chi connectivity index (χ0) is 8.43. The molecule has 0 bridgehead atoms. The number of carbonyl (C=O) groups is 1. The van der Waals surface area contributed by atoms with Crippen molar-refractivity contribution in [2.24, 2.45) is 7.05 Å². The highest BCUT2D eigenvalue weighted by molar-refractivity contribution is 5.74. The molecule has 11 heavy (non-hydrogen) atoms. The molecule has 0 aliphatic heterocycles. The van der Waals surface area contributed by atoms with Gasteiger partial charge in [0, 0.05) is 12.6 Å². The van der Waals surface area contributed by atoms with Crippen LogP contribution in [0.2, 0.25) is 0 Å². The highest BCUT2D eigenvalue weighted by Gasteiger charge is 2.09. The van der Waals surface area contributed by atoms with E-state index in [-0.39, 0.29) is 0 Å². The lowest BCUT2D eigenvalue weighted by atomic mass is 10.1. The third-order valence-corrected chi connectivity index (χ3v) is 1.75. The van der Waals surface area contributed by atoms with Crippen LogP contribution in [0.1, 0.15) is 35.8 Å². The second-order valence-electron chi connectivity index (χ2n) is 2.88. The van der Waals surface area contributed by atoms with Crippen LogP contribution in [0.25, 0.3) is 0 Å².